The third kappa shape index (κ3) is 3.90. The Balaban J connectivity index is 1.88. The molecule has 0 bridgehead atoms. The molecule has 0 unspecified atom stereocenters. The average molecular weight is 459 g/mol. The zero-order valence-corrected chi connectivity index (χ0v) is 18.0. The molecule has 0 spiro atoms. The number of sulfonamides is 1. The van der Waals surface area contributed by atoms with E-state index in [2.05, 4.69) is 0 Å². The van der Waals surface area contributed by atoms with Crippen LogP contribution in [0, 0.1) is 6.92 Å². The number of nitrogens with zero attached hydrogens (tertiary/aromatic N) is 1. The van der Waals surface area contributed by atoms with Crippen molar-refractivity contribution in [1.29, 1.82) is 0 Å². The van der Waals surface area contributed by atoms with Crippen LogP contribution in [-0.4, -0.2) is 21.2 Å². The van der Waals surface area contributed by atoms with Crippen LogP contribution in [0.1, 0.15) is 38.5 Å². The molecule has 1 aliphatic heterocycles. The van der Waals surface area contributed by atoms with Gasteiger partial charge in [0.15, 0.2) is 6.29 Å². The van der Waals surface area contributed by atoms with Crippen molar-refractivity contribution in [3.63, 3.8) is 0 Å². The number of carbonyl (C=O) groups excluding carboxylic acids is 1. The molecule has 8 heteroatoms. The number of fused-ring (bicyclic) bond motifs is 1. The minimum Gasteiger partial charge on any atom is -0.298 e. The summed E-state index contributed by atoms with van der Waals surface area (Å²) >= 11 is 0. The van der Waals surface area contributed by atoms with E-state index in [-0.39, 0.29) is 29.0 Å². The third-order valence-corrected chi connectivity index (χ3v) is 7.48. The van der Waals surface area contributed by atoms with Crippen molar-refractivity contribution in [2.45, 2.75) is 30.3 Å². The number of alkyl halides is 3. The fourth-order valence-corrected chi connectivity index (χ4v) is 5.69. The molecule has 0 amide bonds. The summed E-state index contributed by atoms with van der Waals surface area (Å²) in [6.45, 7) is 1.77. The van der Waals surface area contributed by atoms with E-state index in [0.29, 0.717) is 6.42 Å². The normalized spacial score (nSPS) is 16.1. The van der Waals surface area contributed by atoms with E-state index in [1.807, 2.05) is 25.1 Å². The summed E-state index contributed by atoms with van der Waals surface area (Å²) in [5.74, 6) is -0.602. The quantitative estimate of drug-likeness (QED) is 0.483. The monoisotopic (exact) mass is 459 g/mol. The van der Waals surface area contributed by atoms with Gasteiger partial charge in [0, 0.05) is 18.0 Å². The Morgan fingerprint density at radius 1 is 1.00 bits per heavy atom. The van der Waals surface area contributed by atoms with Gasteiger partial charge in [-0.25, -0.2) is 8.42 Å². The molecular formula is C24H20F3NO3S. The van der Waals surface area contributed by atoms with Gasteiger partial charge in [-0.1, -0.05) is 48.0 Å². The van der Waals surface area contributed by atoms with Crippen molar-refractivity contribution in [3.8, 4) is 0 Å². The Labute approximate surface area is 184 Å². The standard InChI is InChI=1S/C24H20F3NO3S/c1-16-7-9-19(10-8-16)32(30,31)28-14-18(13-17-5-3-2-4-6-17)23-20(15-29)21(24(25,26)27)11-12-22(23)28/h2-12,15,18H,13-14H2,1H3/t18-/m0/s1. The summed E-state index contributed by atoms with van der Waals surface area (Å²) in [4.78, 5) is 11.9. The predicted octanol–water partition coefficient (Wildman–Crippen LogP) is 5.36. The van der Waals surface area contributed by atoms with Gasteiger partial charge in [-0.2, -0.15) is 13.2 Å². The highest BCUT2D eigenvalue weighted by Crippen LogP contribution is 2.46. The predicted molar refractivity (Wildman–Crippen MR) is 115 cm³/mol. The Morgan fingerprint density at radius 2 is 1.66 bits per heavy atom. The lowest BCUT2D eigenvalue weighted by Crippen LogP contribution is -2.30. The molecular weight excluding hydrogens is 439 g/mol. The number of hydrogen-bond donors (Lipinski definition) is 0. The maximum Gasteiger partial charge on any atom is 0.417 e. The van der Waals surface area contributed by atoms with Crippen molar-refractivity contribution in [1.82, 2.24) is 0 Å². The van der Waals surface area contributed by atoms with Crippen LogP contribution in [0.3, 0.4) is 0 Å². The smallest absolute Gasteiger partial charge is 0.298 e. The van der Waals surface area contributed by atoms with Crippen LogP contribution in [0.5, 0.6) is 0 Å². The van der Waals surface area contributed by atoms with Crippen LogP contribution in [0.4, 0.5) is 18.9 Å². The van der Waals surface area contributed by atoms with Gasteiger partial charge in [0.2, 0.25) is 0 Å². The molecule has 1 atom stereocenters. The fourth-order valence-electron chi connectivity index (χ4n) is 4.17. The highest BCUT2D eigenvalue weighted by Gasteiger charge is 2.42. The van der Waals surface area contributed by atoms with Gasteiger partial charge in [0.25, 0.3) is 10.0 Å². The highest BCUT2D eigenvalue weighted by atomic mass is 32.2. The molecule has 3 aromatic carbocycles. The summed E-state index contributed by atoms with van der Waals surface area (Å²) in [5.41, 5.74) is 0.394. The van der Waals surface area contributed by atoms with Gasteiger partial charge >= 0.3 is 6.18 Å². The number of hydrogen-bond acceptors (Lipinski definition) is 3. The van der Waals surface area contributed by atoms with E-state index < -0.39 is 33.2 Å². The maximum absolute atomic E-state index is 13.6. The van der Waals surface area contributed by atoms with Gasteiger partial charge in [0.05, 0.1) is 16.1 Å². The lowest BCUT2D eigenvalue weighted by atomic mass is 9.88. The second-order valence-corrected chi connectivity index (χ2v) is 9.67. The zero-order chi connectivity index (χ0) is 23.1. The lowest BCUT2D eigenvalue weighted by molar-refractivity contribution is -0.137. The number of anilines is 1. The molecule has 0 aromatic heterocycles. The second kappa shape index (κ2) is 8.09. The van der Waals surface area contributed by atoms with E-state index in [0.717, 1.165) is 27.6 Å². The number of aldehydes is 1. The minimum absolute atomic E-state index is 0.0435. The first-order chi connectivity index (χ1) is 15.1. The van der Waals surface area contributed by atoms with Crippen molar-refractivity contribution < 1.29 is 26.4 Å². The average Bonchev–Trinajstić information content (AvgIpc) is 3.13. The first kappa shape index (κ1) is 22.1. The first-order valence-electron chi connectivity index (χ1n) is 9.95. The minimum atomic E-state index is -4.73. The van der Waals surface area contributed by atoms with Gasteiger partial charge in [-0.3, -0.25) is 9.10 Å². The van der Waals surface area contributed by atoms with Crippen LogP contribution < -0.4 is 4.31 Å². The molecule has 1 heterocycles. The van der Waals surface area contributed by atoms with Crippen LogP contribution in [0.25, 0.3) is 0 Å². The van der Waals surface area contributed by atoms with E-state index in [1.165, 1.54) is 12.1 Å². The maximum atomic E-state index is 13.6. The molecule has 4 nitrogen and oxygen atoms in total. The molecule has 4 rings (SSSR count). The molecule has 1 aliphatic rings. The Bertz CT molecular complexity index is 1250. The molecule has 0 radical (unpaired) electrons. The van der Waals surface area contributed by atoms with E-state index in [9.17, 15) is 26.4 Å². The van der Waals surface area contributed by atoms with E-state index in [1.54, 1.807) is 24.3 Å². The van der Waals surface area contributed by atoms with Crippen molar-refractivity contribution >= 4 is 22.0 Å². The number of rotatable bonds is 5. The van der Waals surface area contributed by atoms with Crippen LogP contribution in [0.15, 0.2) is 71.6 Å². The van der Waals surface area contributed by atoms with Crippen molar-refractivity contribution in [2.24, 2.45) is 0 Å². The highest BCUT2D eigenvalue weighted by molar-refractivity contribution is 7.92. The van der Waals surface area contributed by atoms with E-state index in [4.69, 9.17) is 0 Å². The molecule has 0 fully saturated rings. The van der Waals surface area contributed by atoms with Gasteiger partial charge < -0.3 is 0 Å². The number of halogens is 3. The molecule has 166 valence electrons. The molecule has 0 N–H and O–H groups in total. The van der Waals surface area contributed by atoms with Crippen molar-refractivity contribution in [3.05, 3.63) is 94.5 Å². The van der Waals surface area contributed by atoms with E-state index >= 15 is 0 Å². The van der Waals surface area contributed by atoms with Crippen molar-refractivity contribution in [2.75, 3.05) is 10.8 Å². The SMILES string of the molecule is Cc1ccc(S(=O)(=O)N2C[C@H](Cc3ccccc3)c3c2ccc(C(F)(F)F)c3C=O)cc1. The third-order valence-electron chi connectivity index (χ3n) is 5.68. The van der Waals surface area contributed by atoms with Gasteiger partial charge in [-0.05, 0) is 48.7 Å². The number of aryl methyl sites for hydroxylation is 1. The number of benzene rings is 3. The lowest BCUT2D eigenvalue weighted by Gasteiger charge is -2.21. The summed E-state index contributed by atoms with van der Waals surface area (Å²) in [6, 6.07) is 17.3. The van der Waals surface area contributed by atoms with Crippen LogP contribution >= 0.6 is 0 Å². The Morgan fingerprint density at radius 3 is 2.25 bits per heavy atom. The molecule has 3 aromatic rings. The largest absolute Gasteiger partial charge is 0.417 e. The van der Waals surface area contributed by atoms with Crippen LogP contribution in [-0.2, 0) is 22.6 Å². The molecule has 0 saturated carbocycles. The Kier molecular flexibility index (Phi) is 5.58. The first-order valence-corrected chi connectivity index (χ1v) is 11.4. The topological polar surface area (TPSA) is 54.5 Å². The van der Waals surface area contributed by atoms with Crippen LogP contribution in [0.2, 0.25) is 0 Å². The molecule has 32 heavy (non-hydrogen) atoms. The Hall–Kier alpha value is -3.13. The van der Waals surface area contributed by atoms with Gasteiger partial charge in [0.1, 0.15) is 0 Å². The summed E-state index contributed by atoms with van der Waals surface area (Å²) in [5, 5.41) is 0. The number of carbonyl (C=O) groups is 1. The summed E-state index contributed by atoms with van der Waals surface area (Å²) in [7, 11) is -4.03. The van der Waals surface area contributed by atoms with Gasteiger partial charge in [-0.15, -0.1) is 0 Å². The molecule has 0 aliphatic carbocycles. The summed E-state index contributed by atoms with van der Waals surface area (Å²) < 4.78 is 68.7. The zero-order valence-electron chi connectivity index (χ0n) is 17.1. The summed E-state index contributed by atoms with van der Waals surface area (Å²) in [6.07, 6.45) is -4.25. The molecule has 0 saturated heterocycles. The fraction of sp³-hybridized carbons (Fsp3) is 0.208. The second-order valence-electron chi connectivity index (χ2n) is 7.81.